The van der Waals surface area contributed by atoms with Crippen LogP contribution in [0, 0.1) is 20.8 Å². The smallest absolute Gasteiger partial charge is 0.271 e. The number of halogens is 1. The largest absolute Gasteiger partial charge is 0.482 e. The molecule has 0 saturated carbocycles. The molecule has 0 fully saturated rings. The van der Waals surface area contributed by atoms with Gasteiger partial charge in [-0.05, 0) is 86.0 Å². The lowest BCUT2D eigenvalue weighted by atomic mass is 10.1. The van der Waals surface area contributed by atoms with Gasteiger partial charge in [0.05, 0.1) is 16.9 Å². The molecule has 0 aliphatic heterocycles. The van der Waals surface area contributed by atoms with Gasteiger partial charge in [0, 0.05) is 27.9 Å². The summed E-state index contributed by atoms with van der Waals surface area (Å²) >= 11 is 7.87. The minimum absolute atomic E-state index is 0.191. The van der Waals surface area contributed by atoms with Crippen molar-refractivity contribution in [3.63, 3.8) is 0 Å². The number of rotatable bonds is 10. The first-order valence-electron chi connectivity index (χ1n) is 13.8. The predicted octanol–water partition coefficient (Wildman–Crippen LogP) is 7.91. The van der Waals surface area contributed by atoms with Crippen LogP contribution in [0.2, 0.25) is 5.02 Å². The molecule has 5 aromatic rings. The topological polar surface area (TPSA) is 105 Å². The highest BCUT2D eigenvalue weighted by Gasteiger charge is 2.10. The van der Waals surface area contributed by atoms with Crippen molar-refractivity contribution in [2.75, 3.05) is 17.2 Å². The summed E-state index contributed by atoms with van der Waals surface area (Å²) in [6, 6.07) is 26.0. The van der Waals surface area contributed by atoms with Crippen LogP contribution in [-0.2, 0) is 4.79 Å². The number of hydrogen-bond donors (Lipinski definition) is 3. The molecule has 0 bridgehead atoms. The number of carbonyl (C=O) groups is 2. The maximum absolute atomic E-state index is 12.6. The highest BCUT2D eigenvalue weighted by atomic mass is 35.5. The highest BCUT2D eigenvalue weighted by Crippen LogP contribution is 2.28. The Hall–Kier alpha value is -4.99. The molecule has 0 atom stereocenters. The Bertz CT molecular complexity index is 1820. The van der Waals surface area contributed by atoms with E-state index in [0.29, 0.717) is 21.9 Å². The molecule has 222 valence electrons. The van der Waals surface area contributed by atoms with E-state index in [-0.39, 0.29) is 18.4 Å². The fourth-order valence-electron chi connectivity index (χ4n) is 4.18. The van der Waals surface area contributed by atoms with Crippen LogP contribution in [0.15, 0.2) is 95.4 Å². The van der Waals surface area contributed by atoms with Crippen LogP contribution in [0.25, 0.3) is 11.3 Å². The van der Waals surface area contributed by atoms with Crippen LogP contribution in [0.4, 0.5) is 16.5 Å². The first kappa shape index (κ1) is 30.5. The molecule has 0 aliphatic rings. The number of hydrogen-bond acceptors (Lipinski definition) is 7. The van der Waals surface area contributed by atoms with Crippen molar-refractivity contribution in [1.29, 1.82) is 0 Å². The van der Waals surface area contributed by atoms with Gasteiger partial charge < -0.3 is 15.4 Å². The first-order valence-corrected chi connectivity index (χ1v) is 15.0. The van der Waals surface area contributed by atoms with Crippen molar-refractivity contribution in [3.8, 4) is 17.0 Å². The van der Waals surface area contributed by atoms with E-state index in [2.05, 4.69) is 26.1 Å². The van der Waals surface area contributed by atoms with E-state index < -0.39 is 0 Å². The van der Waals surface area contributed by atoms with Crippen molar-refractivity contribution in [2.45, 2.75) is 20.8 Å². The molecule has 0 unspecified atom stereocenters. The maximum atomic E-state index is 12.6. The van der Waals surface area contributed by atoms with E-state index in [1.54, 1.807) is 30.3 Å². The molecule has 0 radical (unpaired) electrons. The summed E-state index contributed by atoms with van der Waals surface area (Å²) in [5.74, 6) is -0.279. The maximum Gasteiger partial charge on any atom is 0.271 e. The molecule has 4 aromatic carbocycles. The fourth-order valence-corrected chi connectivity index (χ4v) is 5.16. The highest BCUT2D eigenvalue weighted by molar-refractivity contribution is 7.14. The number of carbonyl (C=O) groups excluding carboxylic acids is 2. The molecule has 2 amide bonds. The quantitative estimate of drug-likeness (QED) is 0.108. The van der Waals surface area contributed by atoms with Gasteiger partial charge in [0.1, 0.15) is 5.75 Å². The second-order valence-corrected chi connectivity index (χ2v) is 11.3. The van der Waals surface area contributed by atoms with Gasteiger partial charge >= 0.3 is 0 Å². The van der Waals surface area contributed by atoms with Crippen LogP contribution in [0.1, 0.15) is 32.6 Å². The number of hydrazone groups is 1. The van der Waals surface area contributed by atoms with Gasteiger partial charge in [-0.3, -0.25) is 9.59 Å². The zero-order valence-electron chi connectivity index (χ0n) is 24.4. The summed E-state index contributed by atoms with van der Waals surface area (Å²) in [6.45, 7) is 5.79. The number of anilines is 3. The van der Waals surface area contributed by atoms with E-state index >= 15 is 0 Å². The zero-order valence-corrected chi connectivity index (χ0v) is 25.9. The molecule has 0 saturated heterocycles. The standard InChI is InChI=1S/C34H30ClN5O3S/c1-21-7-14-27(15-8-21)37-34-39-30(20-44-34)25-10-12-26(13-11-25)33(42)40-36-18-24-9-16-31(28(35)17-24)43-19-32(41)38-29-6-4-5-22(2)23(29)3/h4-18,20H,19H2,1-3H3,(H,37,39)(H,38,41)(H,40,42)/b36-18+. The molecule has 3 N–H and O–H groups in total. The summed E-state index contributed by atoms with van der Waals surface area (Å²) in [5, 5.41) is 13.3. The summed E-state index contributed by atoms with van der Waals surface area (Å²) in [6.07, 6.45) is 1.48. The summed E-state index contributed by atoms with van der Waals surface area (Å²) < 4.78 is 5.60. The van der Waals surface area contributed by atoms with Crippen LogP contribution in [-0.4, -0.2) is 29.6 Å². The molecule has 10 heteroatoms. The minimum Gasteiger partial charge on any atom is -0.482 e. The third-order valence-corrected chi connectivity index (χ3v) is 7.88. The monoisotopic (exact) mass is 623 g/mol. The lowest BCUT2D eigenvalue weighted by Gasteiger charge is -2.12. The third kappa shape index (κ3) is 7.89. The van der Waals surface area contributed by atoms with Gasteiger partial charge in [-0.1, -0.05) is 53.6 Å². The van der Waals surface area contributed by atoms with Gasteiger partial charge in [0.25, 0.3) is 11.8 Å². The molecule has 1 aromatic heterocycles. The van der Waals surface area contributed by atoms with Gasteiger partial charge in [0.2, 0.25) is 0 Å². The van der Waals surface area contributed by atoms with Crippen LogP contribution in [0.3, 0.4) is 0 Å². The van der Waals surface area contributed by atoms with E-state index in [0.717, 1.165) is 38.9 Å². The lowest BCUT2D eigenvalue weighted by molar-refractivity contribution is -0.118. The number of aromatic nitrogens is 1. The van der Waals surface area contributed by atoms with Crippen molar-refractivity contribution in [3.05, 3.63) is 123 Å². The molecule has 8 nitrogen and oxygen atoms in total. The lowest BCUT2D eigenvalue weighted by Crippen LogP contribution is -2.21. The molecule has 0 spiro atoms. The molecule has 5 rings (SSSR count). The summed E-state index contributed by atoms with van der Waals surface area (Å²) in [5.41, 5.74) is 10.4. The molecule has 0 aliphatic carbocycles. The van der Waals surface area contributed by atoms with Gasteiger partial charge in [-0.15, -0.1) is 11.3 Å². The van der Waals surface area contributed by atoms with Crippen LogP contribution in [0.5, 0.6) is 5.75 Å². The van der Waals surface area contributed by atoms with E-state index in [4.69, 9.17) is 16.3 Å². The second kappa shape index (κ2) is 14.0. The molecular formula is C34H30ClN5O3S. The number of thiazole rings is 1. The molecular weight excluding hydrogens is 594 g/mol. The summed E-state index contributed by atoms with van der Waals surface area (Å²) in [4.78, 5) is 29.6. The number of nitrogens with zero attached hydrogens (tertiary/aromatic N) is 2. The summed E-state index contributed by atoms with van der Waals surface area (Å²) in [7, 11) is 0. The second-order valence-electron chi connectivity index (χ2n) is 10.1. The first-order chi connectivity index (χ1) is 21.2. The van der Waals surface area contributed by atoms with E-state index in [1.165, 1.54) is 23.1 Å². The van der Waals surface area contributed by atoms with E-state index in [9.17, 15) is 9.59 Å². The van der Waals surface area contributed by atoms with Gasteiger partial charge in [-0.2, -0.15) is 5.10 Å². The van der Waals surface area contributed by atoms with Crippen molar-refractivity contribution in [1.82, 2.24) is 10.4 Å². The Morgan fingerprint density at radius 3 is 2.50 bits per heavy atom. The normalized spacial score (nSPS) is 10.9. The Balaban J connectivity index is 1.11. The zero-order chi connectivity index (χ0) is 31.1. The SMILES string of the molecule is Cc1ccc(Nc2nc(-c3ccc(C(=O)N/N=C/c4ccc(OCC(=O)Nc5cccc(C)c5C)c(Cl)c4)cc3)cs2)cc1. The van der Waals surface area contributed by atoms with Gasteiger partial charge in [0.15, 0.2) is 11.7 Å². The fraction of sp³-hybridized carbons (Fsp3) is 0.118. The average Bonchev–Trinajstić information content (AvgIpc) is 3.49. The Kier molecular flexibility index (Phi) is 9.69. The molecule has 44 heavy (non-hydrogen) atoms. The minimum atomic E-state index is -0.353. The van der Waals surface area contributed by atoms with Crippen molar-refractivity contribution >= 4 is 57.5 Å². The number of amides is 2. The Morgan fingerprint density at radius 1 is 0.977 bits per heavy atom. The number of ether oxygens (including phenoxy) is 1. The number of aryl methyl sites for hydroxylation is 2. The Labute approximate surface area is 264 Å². The predicted molar refractivity (Wildman–Crippen MR) is 179 cm³/mol. The van der Waals surface area contributed by atoms with E-state index in [1.807, 2.05) is 80.7 Å². The third-order valence-electron chi connectivity index (χ3n) is 6.82. The van der Waals surface area contributed by atoms with Crippen LogP contribution < -0.4 is 20.8 Å². The molecule has 1 heterocycles. The van der Waals surface area contributed by atoms with Crippen molar-refractivity contribution in [2.24, 2.45) is 5.10 Å². The van der Waals surface area contributed by atoms with Gasteiger partial charge in [-0.25, -0.2) is 10.4 Å². The average molecular weight is 624 g/mol. The Morgan fingerprint density at radius 2 is 1.75 bits per heavy atom. The van der Waals surface area contributed by atoms with Crippen LogP contribution >= 0.6 is 22.9 Å². The van der Waals surface area contributed by atoms with Crippen molar-refractivity contribution < 1.29 is 14.3 Å². The number of nitrogens with one attached hydrogen (secondary N) is 3. The number of benzene rings is 4.